The fourth-order valence-electron chi connectivity index (χ4n) is 3.68. The first-order valence-corrected chi connectivity index (χ1v) is 11.5. The third-order valence-electron chi connectivity index (χ3n) is 5.35. The summed E-state index contributed by atoms with van der Waals surface area (Å²) in [6.07, 6.45) is 1.04. The second kappa shape index (κ2) is 13.1. The maximum absolute atomic E-state index is 10.5. The average molecular weight is 466 g/mol. The minimum atomic E-state index is -0.637. The fraction of sp³-hybridized carbons (Fsp3) is 0.370. The summed E-state index contributed by atoms with van der Waals surface area (Å²) < 4.78 is 19.0. The molecule has 0 saturated carbocycles. The Balaban J connectivity index is 1.92. The summed E-state index contributed by atoms with van der Waals surface area (Å²) in [6, 6.07) is 17.9. The van der Waals surface area contributed by atoms with Gasteiger partial charge in [0, 0.05) is 26.7 Å². The number of methoxy groups -OCH3 is 1. The number of nitrogens with zero attached hydrogens (tertiary/aromatic N) is 3. The number of hydrogen-bond donors (Lipinski definition) is 1. The van der Waals surface area contributed by atoms with Crippen LogP contribution < -0.4 is 4.74 Å². The van der Waals surface area contributed by atoms with E-state index in [4.69, 9.17) is 19.3 Å². The zero-order valence-corrected chi connectivity index (χ0v) is 20.3. The van der Waals surface area contributed by atoms with Crippen molar-refractivity contribution in [2.24, 2.45) is 0 Å². The van der Waals surface area contributed by atoms with Crippen molar-refractivity contribution >= 4 is 0 Å². The van der Waals surface area contributed by atoms with E-state index in [0.717, 1.165) is 28.3 Å². The molecule has 182 valence electrons. The van der Waals surface area contributed by atoms with Crippen LogP contribution in [0.15, 0.2) is 67.3 Å². The van der Waals surface area contributed by atoms with Gasteiger partial charge in [0.05, 0.1) is 42.9 Å². The maximum Gasteiger partial charge on any atom is 0.227 e. The zero-order valence-electron chi connectivity index (χ0n) is 20.3. The Labute approximate surface area is 202 Å². The normalized spacial score (nSPS) is 12.1. The van der Waals surface area contributed by atoms with Gasteiger partial charge in [-0.3, -0.25) is 4.90 Å². The van der Waals surface area contributed by atoms with Crippen LogP contribution in [0.5, 0.6) is 11.6 Å². The maximum atomic E-state index is 10.5. The molecule has 3 rings (SSSR count). The molecule has 0 bridgehead atoms. The largest absolute Gasteiger partial charge is 0.439 e. The van der Waals surface area contributed by atoms with Gasteiger partial charge in [0.2, 0.25) is 5.88 Å². The molecule has 34 heavy (non-hydrogen) atoms. The molecule has 7 nitrogen and oxygen atoms in total. The molecular formula is C27H35N3O4. The predicted octanol–water partition coefficient (Wildman–Crippen LogP) is 4.29. The Morgan fingerprint density at radius 2 is 1.94 bits per heavy atom. The second-order valence-electron chi connectivity index (χ2n) is 8.24. The van der Waals surface area contributed by atoms with E-state index in [9.17, 15) is 5.11 Å². The van der Waals surface area contributed by atoms with Crippen molar-refractivity contribution in [2.75, 3.05) is 40.0 Å². The molecule has 1 atom stereocenters. The lowest BCUT2D eigenvalue weighted by Gasteiger charge is -2.25. The number of rotatable bonds is 14. The molecule has 3 aromatic rings. The van der Waals surface area contributed by atoms with Gasteiger partial charge in [0.15, 0.2) is 0 Å². The van der Waals surface area contributed by atoms with Gasteiger partial charge in [0.1, 0.15) is 5.75 Å². The summed E-state index contributed by atoms with van der Waals surface area (Å²) in [6.45, 7) is 10.5. The molecule has 0 radical (unpaired) electrons. The van der Waals surface area contributed by atoms with Gasteiger partial charge < -0.3 is 19.3 Å². The van der Waals surface area contributed by atoms with Crippen molar-refractivity contribution in [1.82, 2.24) is 14.7 Å². The molecular weight excluding hydrogens is 430 g/mol. The van der Waals surface area contributed by atoms with Crippen LogP contribution in [-0.4, -0.2) is 65.9 Å². The van der Waals surface area contributed by atoms with Crippen LogP contribution in [0.1, 0.15) is 16.8 Å². The first-order chi connectivity index (χ1) is 16.5. The Hall–Kier alpha value is -2.97. The van der Waals surface area contributed by atoms with Gasteiger partial charge in [-0.25, -0.2) is 4.68 Å². The van der Waals surface area contributed by atoms with Gasteiger partial charge in [0.25, 0.3) is 0 Å². The van der Waals surface area contributed by atoms with Crippen molar-refractivity contribution < 1.29 is 19.3 Å². The summed E-state index contributed by atoms with van der Waals surface area (Å²) in [4.78, 5) is 2.13. The lowest BCUT2D eigenvalue weighted by molar-refractivity contribution is 0.0192. The quantitative estimate of drug-likeness (QED) is 0.283. The molecule has 0 amide bonds. The van der Waals surface area contributed by atoms with Gasteiger partial charge in [-0.2, -0.15) is 5.10 Å². The number of benzene rings is 2. The molecule has 0 aliphatic rings. The van der Waals surface area contributed by atoms with E-state index in [1.807, 2.05) is 73.1 Å². The highest BCUT2D eigenvalue weighted by Crippen LogP contribution is 2.32. The van der Waals surface area contributed by atoms with Crippen LogP contribution >= 0.6 is 0 Å². The standard InChI is InChI=1S/C27H35N3O4/c1-5-15-33-20-24(31)18-29(14-16-32-4)19-26-22(3)28-30(23-11-7-6-8-12-23)27(26)34-25-13-9-10-21(2)17-25/h5-13,17,24,31H,1,14-16,18-20H2,2-4H3. The molecule has 0 fully saturated rings. The third kappa shape index (κ3) is 7.27. The van der Waals surface area contributed by atoms with Gasteiger partial charge in [-0.15, -0.1) is 6.58 Å². The van der Waals surface area contributed by atoms with Gasteiger partial charge >= 0.3 is 0 Å². The molecule has 1 heterocycles. The van der Waals surface area contributed by atoms with Crippen molar-refractivity contribution in [1.29, 1.82) is 0 Å². The lowest BCUT2D eigenvalue weighted by atomic mass is 10.2. The van der Waals surface area contributed by atoms with Gasteiger partial charge in [-0.05, 0) is 43.7 Å². The monoisotopic (exact) mass is 465 g/mol. The molecule has 0 spiro atoms. The van der Waals surface area contributed by atoms with Crippen molar-refractivity contribution in [3.63, 3.8) is 0 Å². The Morgan fingerprint density at radius 3 is 2.65 bits per heavy atom. The van der Waals surface area contributed by atoms with E-state index in [-0.39, 0.29) is 6.61 Å². The minimum Gasteiger partial charge on any atom is -0.439 e. The minimum absolute atomic E-state index is 0.240. The smallest absolute Gasteiger partial charge is 0.227 e. The lowest BCUT2D eigenvalue weighted by Crippen LogP contribution is -2.36. The van der Waals surface area contributed by atoms with Crippen molar-refractivity contribution in [2.45, 2.75) is 26.5 Å². The first-order valence-electron chi connectivity index (χ1n) is 11.5. The number of hydrogen-bond acceptors (Lipinski definition) is 6. The Kier molecular flexibility index (Phi) is 9.85. The molecule has 0 saturated heterocycles. The van der Waals surface area contributed by atoms with Gasteiger partial charge in [-0.1, -0.05) is 36.4 Å². The van der Waals surface area contributed by atoms with E-state index in [0.29, 0.717) is 38.7 Å². The number of para-hydroxylation sites is 1. The van der Waals surface area contributed by atoms with Crippen molar-refractivity contribution in [3.05, 3.63) is 84.1 Å². The third-order valence-corrected chi connectivity index (χ3v) is 5.35. The molecule has 1 N–H and O–H groups in total. The SMILES string of the molecule is C=CCOCC(O)CN(CCOC)Cc1c(C)nn(-c2ccccc2)c1Oc1cccc(C)c1. The number of aliphatic hydroxyl groups is 1. The number of aryl methyl sites for hydroxylation is 2. The van der Waals surface area contributed by atoms with E-state index in [2.05, 4.69) is 11.5 Å². The Bertz CT molecular complexity index is 1040. The number of aromatic nitrogens is 2. The second-order valence-corrected chi connectivity index (χ2v) is 8.24. The van der Waals surface area contributed by atoms with Crippen LogP contribution in [0, 0.1) is 13.8 Å². The highest BCUT2D eigenvalue weighted by atomic mass is 16.5. The number of aliphatic hydroxyl groups excluding tert-OH is 1. The molecule has 7 heteroatoms. The van der Waals surface area contributed by atoms with E-state index >= 15 is 0 Å². The highest BCUT2D eigenvalue weighted by Gasteiger charge is 2.22. The average Bonchev–Trinajstić information content (AvgIpc) is 3.13. The van der Waals surface area contributed by atoms with E-state index in [1.54, 1.807) is 13.2 Å². The first kappa shape index (κ1) is 25.6. The zero-order chi connectivity index (χ0) is 24.3. The van der Waals surface area contributed by atoms with Crippen LogP contribution in [0.3, 0.4) is 0 Å². The summed E-state index contributed by atoms with van der Waals surface area (Å²) in [7, 11) is 1.67. The topological polar surface area (TPSA) is 69.0 Å². The van der Waals surface area contributed by atoms with E-state index in [1.165, 1.54) is 0 Å². The molecule has 0 aliphatic heterocycles. The summed E-state index contributed by atoms with van der Waals surface area (Å²) in [5.41, 5.74) is 3.86. The summed E-state index contributed by atoms with van der Waals surface area (Å²) >= 11 is 0. The molecule has 0 aliphatic carbocycles. The number of ether oxygens (including phenoxy) is 3. The molecule has 2 aromatic carbocycles. The van der Waals surface area contributed by atoms with E-state index < -0.39 is 6.10 Å². The predicted molar refractivity (Wildman–Crippen MR) is 134 cm³/mol. The summed E-state index contributed by atoms with van der Waals surface area (Å²) in [5, 5.41) is 15.3. The highest BCUT2D eigenvalue weighted by molar-refractivity contribution is 5.43. The Morgan fingerprint density at radius 1 is 1.15 bits per heavy atom. The van der Waals surface area contributed by atoms with Crippen LogP contribution in [0.4, 0.5) is 0 Å². The van der Waals surface area contributed by atoms with Crippen molar-refractivity contribution in [3.8, 4) is 17.3 Å². The molecule has 1 aromatic heterocycles. The summed E-state index contributed by atoms with van der Waals surface area (Å²) in [5.74, 6) is 1.41. The van der Waals surface area contributed by atoms with Crippen LogP contribution in [-0.2, 0) is 16.0 Å². The molecule has 1 unspecified atom stereocenters. The van der Waals surface area contributed by atoms with Crippen LogP contribution in [0.25, 0.3) is 5.69 Å². The fourth-order valence-corrected chi connectivity index (χ4v) is 3.68. The van der Waals surface area contributed by atoms with Crippen LogP contribution in [0.2, 0.25) is 0 Å².